The minimum absolute atomic E-state index is 4.86. The van der Waals surface area contributed by atoms with Crippen molar-refractivity contribution in [1.82, 2.24) is 0 Å². The summed E-state index contributed by atoms with van der Waals surface area (Å²) in [6.07, 6.45) is 0. The third-order valence-electron chi connectivity index (χ3n) is 0. The van der Waals surface area contributed by atoms with Gasteiger partial charge in [0, 0.05) is 0 Å². The molecule has 1 nitrogen and oxygen atoms in total. The molecule has 0 fully saturated rings. The Hall–Kier alpha value is 2.15. The van der Waals surface area contributed by atoms with E-state index in [1.165, 1.54) is 0 Å². The fraction of sp³-hybridized carbons (Fsp3) is 0. The van der Waals surface area contributed by atoms with E-state index in [0.717, 1.165) is 0 Å². The number of rotatable bonds is 0. The molecule has 0 rings (SSSR count). The first-order valence-corrected chi connectivity index (χ1v) is 22.4. The van der Waals surface area contributed by atoms with Crippen molar-refractivity contribution in [3.8, 4) is 0 Å². The Kier molecular flexibility index (Phi) is 1.85. The Balaban J connectivity index is 4.43. The van der Waals surface area contributed by atoms with E-state index in [4.69, 9.17) is 49.6 Å². The van der Waals surface area contributed by atoms with Crippen LogP contribution in [-0.4, -0.2) is 3.61 Å². The zero-order valence-electron chi connectivity index (χ0n) is 2.78. The van der Waals surface area contributed by atoms with Crippen molar-refractivity contribution in [3.05, 3.63) is 0 Å². The summed E-state index contributed by atoms with van der Waals surface area (Å²) in [6.45, 7) is 0. The summed E-state index contributed by atoms with van der Waals surface area (Å²) in [5, 5.41) is 0. The van der Waals surface area contributed by atoms with Crippen molar-refractivity contribution < 1.29 is 13.1 Å². The van der Waals surface area contributed by atoms with E-state index < -0.39 is 9.49 Å². The Morgan fingerprint density at radius 2 is 0.857 bits per heavy atom. The molecule has 0 amide bonds. The molecule has 0 bridgehead atoms. The van der Waals surface area contributed by atoms with Crippen LogP contribution in [0.2, 0.25) is 0 Å². The Labute approximate surface area is 58.4 Å². The Morgan fingerprint density at radius 1 is 0.857 bits per heavy atom. The summed E-state index contributed by atoms with van der Waals surface area (Å²) >= 11 is 0. The predicted molar refractivity (Wildman–Crippen MR) is 31.5 cm³/mol. The van der Waals surface area contributed by atoms with Gasteiger partial charge in [0.2, 0.25) is 0 Å². The van der Waals surface area contributed by atoms with Crippen LogP contribution in [0.25, 0.3) is 0 Å². The zero-order valence-corrected chi connectivity index (χ0v) is 9.78. The average molecular weight is 375 g/mol. The average Bonchev–Trinajstić information content (AvgIpc) is 0.592. The van der Waals surface area contributed by atoms with E-state index in [2.05, 4.69) is 0 Å². The van der Waals surface area contributed by atoms with Gasteiger partial charge in [-0.05, 0) is 0 Å². The van der Waals surface area contributed by atoms with Gasteiger partial charge in [0.05, 0.1) is 0 Å². The van der Waals surface area contributed by atoms with Crippen LogP contribution in [0, 0.1) is 0 Å². The van der Waals surface area contributed by atoms with E-state index in [1.54, 1.807) is 0 Å². The molecule has 7 heteroatoms. The van der Waals surface area contributed by atoms with Crippen LogP contribution in [0.4, 0.5) is 0 Å². The van der Waals surface area contributed by atoms with Gasteiger partial charge in [-0.25, -0.2) is 0 Å². The quantitative estimate of drug-likeness (QED) is 0.691. The fourth-order valence-corrected chi connectivity index (χ4v) is 0. The number of hydrogen-bond donors (Lipinski definition) is 1. The van der Waals surface area contributed by atoms with Gasteiger partial charge in [-0.15, -0.1) is 0 Å². The monoisotopic (exact) mass is 373 g/mol. The van der Waals surface area contributed by atoms with Gasteiger partial charge in [-0.2, -0.15) is 0 Å². The summed E-state index contributed by atoms with van der Waals surface area (Å²) in [6, 6.07) is 0. The molecule has 7 heavy (non-hydrogen) atoms. The molecule has 0 aromatic carbocycles. The SMILES string of the molecule is [OH][Ta]([Cl])([Cl])([Cl])([Cl])[Cl]. The predicted octanol–water partition coefficient (Wildman–Crippen LogP) is 2.89. The molecule has 0 unspecified atom stereocenters. The van der Waals surface area contributed by atoms with E-state index in [-0.39, 0.29) is 0 Å². The first-order valence-electron chi connectivity index (χ1n) is 1.05. The molecule has 0 aromatic rings. The molecule has 0 saturated heterocycles. The van der Waals surface area contributed by atoms with Crippen LogP contribution in [-0.2, 0) is 9.49 Å². The molecule has 0 spiro atoms. The van der Waals surface area contributed by atoms with Gasteiger partial charge in [-0.1, -0.05) is 0 Å². The van der Waals surface area contributed by atoms with Gasteiger partial charge >= 0.3 is 59.1 Å². The van der Waals surface area contributed by atoms with E-state index >= 15 is 0 Å². The van der Waals surface area contributed by atoms with E-state index in [9.17, 15) is 0 Å². The topological polar surface area (TPSA) is 20.2 Å². The molecule has 0 heterocycles. The van der Waals surface area contributed by atoms with Crippen molar-refractivity contribution in [2.24, 2.45) is 0 Å². The third-order valence-corrected chi connectivity index (χ3v) is 0. The number of hydrogen-bond acceptors (Lipinski definition) is 1. The Bertz CT molecular complexity index is 66.6. The van der Waals surface area contributed by atoms with Gasteiger partial charge in [0.1, 0.15) is 0 Å². The first-order chi connectivity index (χ1) is 2.45. The summed E-state index contributed by atoms with van der Waals surface area (Å²) in [5.74, 6) is 0. The van der Waals surface area contributed by atoms with Gasteiger partial charge in [0.15, 0.2) is 0 Å². The summed E-state index contributed by atoms with van der Waals surface area (Å²) in [5.41, 5.74) is 0. The number of halogens is 5. The van der Waals surface area contributed by atoms with Crippen LogP contribution in [0.15, 0.2) is 0 Å². The van der Waals surface area contributed by atoms with Gasteiger partial charge in [-0.3, -0.25) is 0 Å². The maximum absolute atomic E-state index is 8.48. The molecule has 1 N–H and O–H groups in total. The molecule has 0 aromatic heterocycles. The second-order valence-corrected chi connectivity index (χ2v) is 56.3. The van der Waals surface area contributed by atoms with Crippen LogP contribution in [0.1, 0.15) is 0 Å². The van der Waals surface area contributed by atoms with Gasteiger partial charge < -0.3 is 0 Å². The van der Waals surface area contributed by atoms with Crippen molar-refractivity contribution in [3.63, 3.8) is 0 Å². The molecular weight excluding hydrogens is 374 g/mol. The van der Waals surface area contributed by atoms with Crippen LogP contribution in [0.5, 0.6) is 0 Å². The van der Waals surface area contributed by atoms with Crippen LogP contribution < -0.4 is 0 Å². The summed E-state index contributed by atoms with van der Waals surface area (Å²) < 4.78 is 8.48. The normalized spacial score (nSPS) is 23.1. The zero-order chi connectivity index (χ0) is 6.41. The van der Waals surface area contributed by atoms with Gasteiger partial charge in [0.25, 0.3) is 0 Å². The Morgan fingerprint density at radius 3 is 0.857 bits per heavy atom. The third kappa shape index (κ3) is 66.7. The summed E-state index contributed by atoms with van der Waals surface area (Å²) in [4.78, 5) is 0. The molecule has 0 saturated carbocycles. The molecular formula is HCl5OTa. The second-order valence-electron chi connectivity index (χ2n) is 1.02. The van der Waals surface area contributed by atoms with Crippen LogP contribution in [0.3, 0.4) is 0 Å². The van der Waals surface area contributed by atoms with Crippen molar-refractivity contribution in [2.45, 2.75) is 0 Å². The minimum atomic E-state index is -5.99. The van der Waals surface area contributed by atoms with E-state index in [0.29, 0.717) is 0 Å². The van der Waals surface area contributed by atoms with Crippen molar-refractivity contribution in [2.75, 3.05) is 0 Å². The van der Waals surface area contributed by atoms with Crippen molar-refractivity contribution >= 4 is 45.9 Å². The second kappa shape index (κ2) is 1.42. The molecule has 0 radical (unpaired) electrons. The fourth-order valence-electron chi connectivity index (χ4n) is 0. The molecule has 47 valence electrons. The van der Waals surface area contributed by atoms with Crippen LogP contribution >= 0.6 is 45.9 Å². The molecule has 0 aliphatic heterocycles. The maximum atomic E-state index is 8.48. The molecule has 0 atom stereocenters. The summed E-state index contributed by atoms with van der Waals surface area (Å²) in [7, 11) is 18.3. The molecule has 0 aliphatic rings. The van der Waals surface area contributed by atoms with Crippen molar-refractivity contribution in [1.29, 1.82) is 0 Å². The molecule has 0 aliphatic carbocycles. The standard InChI is InChI=1S/5ClH.H2O.Ta/h5*1H;1H2;/q;;;;;;+6/p-6. The van der Waals surface area contributed by atoms with E-state index in [1.807, 2.05) is 0 Å². The first kappa shape index (κ1) is 9.15.